The molecule has 4 amide bonds. The van der Waals surface area contributed by atoms with Crippen LogP contribution in [0.2, 0.25) is 0 Å². The zero-order valence-electron chi connectivity index (χ0n) is 42.6. The highest BCUT2D eigenvalue weighted by Crippen LogP contribution is 2.35. The van der Waals surface area contributed by atoms with Crippen molar-refractivity contribution >= 4 is 34.0 Å². The van der Waals surface area contributed by atoms with Gasteiger partial charge in [-0.15, -0.1) is 11.8 Å². The van der Waals surface area contributed by atoms with Crippen molar-refractivity contribution < 1.29 is 120 Å². The minimum atomic E-state index is -5.41. The molecule has 0 aromatic heterocycles. The van der Waals surface area contributed by atoms with Crippen LogP contribution in [0.15, 0.2) is 24.3 Å². The van der Waals surface area contributed by atoms with E-state index in [0.29, 0.717) is 25.2 Å². The first-order valence-corrected chi connectivity index (χ1v) is 26.3. The van der Waals surface area contributed by atoms with Crippen molar-refractivity contribution in [1.82, 2.24) is 21.3 Å². The fourth-order valence-electron chi connectivity index (χ4n) is 9.03. The first-order chi connectivity index (χ1) is 36.5. The van der Waals surface area contributed by atoms with Gasteiger partial charge < -0.3 is 110 Å². The van der Waals surface area contributed by atoms with Crippen molar-refractivity contribution in [2.24, 2.45) is 0 Å². The van der Waals surface area contributed by atoms with Crippen LogP contribution >= 0.6 is 0 Å². The number of hydrogen-bond acceptors (Lipinski definition) is 25. The van der Waals surface area contributed by atoms with Gasteiger partial charge in [-0.3, -0.25) is 23.4 Å². The maximum Gasteiger partial charge on any atom is 0.251 e. The molecule has 4 saturated heterocycles. The lowest BCUT2D eigenvalue weighted by Crippen LogP contribution is -2.71. The number of carbonyl (C=O) groups is 4. The summed E-state index contributed by atoms with van der Waals surface area (Å²) in [5.74, 6) is 3.32. The van der Waals surface area contributed by atoms with E-state index in [4.69, 9.17) is 37.9 Å². The van der Waals surface area contributed by atoms with Crippen LogP contribution < -0.4 is 26.0 Å². The number of amides is 4. The lowest BCUT2D eigenvalue weighted by molar-refractivity contribution is -0.361. The lowest BCUT2D eigenvalue weighted by atomic mass is 9.93. The van der Waals surface area contributed by atoms with Crippen LogP contribution in [0.25, 0.3) is 0 Å². The average Bonchev–Trinajstić information content (AvgIpc) is 3.39. The van der Waals surface area contributed by atoms with Gasteiger partial charge in [-0.05, 0) is 31.0 Å². The number of hydrogen-bond donors (Lipinski definition) is 13. The number of rotatable bonds is 24. The molecule has 1 aromatic rings. The highest BCUT2D eigenvalue weighted by molar-refractivity contribution is 7.80. The van der Waals surface area contributed by atoms with E-state index < -0.39 is 183 Å². The number of aliphatic hydroxyl groups is 9. The Morgan fingerprint density at radius 3 is 1.57 bits per heavy atom. The van der Waals surface area contributed by atoms with Gasteiger partial charge in [-0.25, -0.2) is 8.42 Å². The quantitative estimate of drug-likeness (QED) is 0.0199. The van der Waals surface area contributed by atoms with Crippen LogP contribution in [0, 0.1) is 11.8 Å². The second kappa shape index (κ2) is 29.8. The fraction of sp³-hybridized carbons (Fsp3) is 0.745. The molecule has 77 heavy (non-hydrogen) atoms. The lowest BCUT2D eigenvalue weighted by Gasteiger charge is -2.51. The molecule has 13 N–H and O–H groups in total. The predicted molar refractivity (Wildman–Crippen MR) is 256 cm³/mol. The van der Waals surface area contributed by atoms with Crippen LogP contribution in [0.3, 0.4) is 0 Å². The molecule has 30 heteroatoms. The van der Waals surface area contributed by atoms with Crippen LogP contribution in [0.1, 0.15) is 76.6 Å². The molecule has 11 unspecified atom stereocenters. The molecule has 20 atom stereocenters. The minimum Gasteiger partial charge on any atom is -0.726 e. The van der Waals surface area contributed by atoms with E-state index in [1.165, 1.54) is 12.1 Å². The fourth-order valence-corrected chi connectivity index (χ4v) is 9.33. The molecular weight excluding hydrogens is 1050 g/mol. The monoisotopic (exact) mass is 1120 g/mol. The Morgan fingerprint density at radius 1 is 0.610 bits per heavy atom. The van der Waals surface area contributed by atoms with E-state index in [1.54, 1.807) is 12.1 Å². The molecule has 29 nitrogen and oxygen atoms in total. The maximum atomic E-state index is 13.8. The number of nitrogens with one attached hydrogen (secondary N) is 4. The summed E-state index contributed by atoms with van der Waals surface area (Å²) < 4.78 is 85.5. The van der Waals surface area contributed by atoms with E-state index in [9.17, 15) is 78.1 Å². The Morgan fingerprint density at radius 2 is 1.08 bits per heavy atom. The third-order valence-electron chi connectivity index (χ3n) is 12.8. The SMILES string of the molecule is CCCCCC#CCCCOc1cccc(C(=O)N[C@@H]2C(O[C@H]3C(O)C(NC(C)=O)C(OC4C(CO)OC(O[C@H]5C(O)C(NC(C)=O)C(O)O[C@H]5COS(=O)(=O)[O-])[C@@H](NC(C)=O)[C@H]4O)O[C@H]3CO)OC(CO)[C@@H](O)[C@@H]2O)c1. The van der Waals surface area contributed by atoms with Gasteiger partial charge in [-0.2, -0.15) is 0 Å². The van der Waals surface area contributed by atoms with Gasteiger partial charge in [0, 0.05) is 39.2 Å². The third kappa shape index (κ3) is 17.6. The second-order valence-electron chi connectivity index (χ2n) is 18.7. The zero-order valence-corrected chi connectivity index (χ0v) is 43.4. The smallest absolute Gasteiger partial charge is 0.251 e. The Kier molecular flexibility index (Phi) is 24.6. The molecule has 1 aromatic carbocycles. The number of benzene rings is 1. The van der Waals surface area contributed by atoms with Crippen molar-refractivity contribution in [2.75, 3.05) is 33.0 Å². The topological polar surface area (TPSA) is 439 Å². The van der Waals surface area contributed by atoms with Crippen molar-refractivity contribution in [2.45, 2.75) is 189 Å². The predicted octanol–water partition coefficient (Wildman–Crippen LogP) is -5.65. The van der Waals surface area contributed by atoms with Crippen LogP contribution in [0.5, 0.6) is 5.75 Å². The minimum absolute atomic E-state index is 0.0416. The Labute approximate surface area is 443 Å². The summed E-state index contributed by atoms with van der Waals surface area (Å²) in [6.07, 6.45) is -24.5. The second-order valence-corrected chi connectivity index (χ2v) is 19.7. The van der Waals surface area contributed by atoms with Gasteiger partial charge in [0.2, 0.25) is 28.1 Å². The normalized spacial score (nSPS) is 35.4. The largest absolute Gasteiger partial charge is 0.726 e. The highest BCUT2D eigenvalue weighted by atomic mass is 32.3. The highest BCUT2D eigenvalue weighted by Gasteiger charge is 2.56. The molecule has 4 aliphatic heterocycles. The number of carbonyl (C=O) groups excluding carboxylic acids is 4. The third-order valence-corrected chi connectivity index (χ3v) is 13.2. The van der Waals surface area contributed by atoms with E-state index in [1.807, 2.05) is 0 Å². The number of unbranched alkanes of at least 4 members (excludes halogenated alkanes) is 4. The number of aliphatic hydroxyl groups excluding tert-OH is 9. The Balaban J connectivity index is 1.36. The Bertz CT molecular complexity index is 2260. The van der Waals surface area contributed by atoms with Crippen molar-refractivity contribution in [3.05, 3.63) is 29.8 Å². The molecule has 0 radical (unpaired) electrons. The zero-order chi connectivity index (χ0) is 56.7. The molecule has 4 fully saturated rings. The maximum absolute atomic E-state index is 13.8. The molecule has 0 bridgehead atoms. The molecule has 4 heterocycles. The van der Waals surface area contributed by atoms with Gasteiger partial charge in [0.15, 0.2) is 25.2 Å². The summed E-state index contributed by atoms with van der Waals surface area (Å²) in [7, 11) is -5.41. The van der Waals surface area contributed by atoms with E-state index in [0.717, 1.165) is 46.5 Å². The van der Waals surface area contributed by atoms with Crippen molar-refractivity contribution in [1.29, 1.82) is 0 Å². The van der Waals surface area contributed by atoms with Crippen LogP contribution in [-0.2, 0) is 62.1 Å². The van der Waals surface area contributed by atoms with E-state index in [2.05, 4.69) is 44.2 Å². The first kappa shape index (κ1) is 63.5. The summed E-state index contributed by atoms with van der Waals surface area (Å²) in [4.78, 5) is 51.0. The summed E-state index contributed by atoms with van der Waals surface area (Å²) in [6, 6.07) is -0.798. The van der Waals surface area contributed by atoms with Gasteiger partial charge in [-0.1, -0.05) is 25.8 Å². The summed E-state index contributed by atoms with van der Waals surface area (Å²) in [6.45, 7) is 1.38. The molecule has 0 aliphatic carbocycles. The van der Waals surface area contributed by atoms with Gasteiger partial charge in [0.1, 0.15) is 103 Å². The average molecular weight is 1120 g/mol. The molecule has 5 rings (SSSR count). The molecule has 4 aliphatic rings. The molecule has 0 saturated carbocycles. The molecule has 0 spiro atoms. The van der Waals surface area contributed by atoms with Gasteiger partial charge >= 0.3 is 0 Å². The Hall–Kier alpha value is -4.31. The van der Waals surface area contributed by atoms with Crippen molar-refractivity contribution in [3.63, 3.8) is 0 Å². The standard InChI is InChI=1S/C47H72N4O25S/c1-5-6-7-8-9-10-11-12-16-68-26-15-13-14-25(17-26)43(63)51-32-36(59)35(58)27(18-52)71-45(32)74-40-28(19-53)72-46(33(38(40)61)49-23(3)56)75-41-29(20-54)73-47(34(39(41)62)50-24(4)57)76-42-30(21-69-77(65,66)67)70-44(64)31(37(42)60)48-22(2)55/h13-15,17,27-42,44-47,52-54,58-62,64H,5-8,11-12,16,18-21H2,1-4H3,(H,48,55)(H,49,56)(H,50,57)(H,51,63)(H,65,66,67)/p-1/t27?,28-,29?,30-,31?,32-,33?,34-,35+,36+,37?,38?,39+,40+,41?,42+,44?,45?,46?,47?/m0/s1. The number of ether oxygens (including phenoxy) is 8. The summed E-state index contributed by atoms with van der Waals surface area (Å²) in [5.41, 5.74) is 0.0416. The van der Waals surface area contributed by atoms with Crippen LogP contribution in [0.4, 0.5) is 0 Å². The molecule has 436 valence electrons. The van der Waals surface area contributed by atoms with Gasteiger partial charge in [0.05, 0.1) is 33.0 Å². The molecular formula is C47H71N4O25S-. The van der Waals surface area contributed by atoms with Gasteiger partial charge in [0.25, 0.3) is 5.91 Å². The van der Waals surface area contributed by atoms with E-state index >= 15 is 0 Å². The van der Waals surface area contributed by atoms with Crippen molar-refractivity contribution in [3.8, 4) is 17.6 Å². The van der Waals surface area contributed by atoms with Crippen LogP contribution in [-0.4, -0.2) is 238 Å². The summed E-state index contributed by atoms with van der Waals surface area (Å²) >= 11 is 0. The van der Waals surface area contributed by atoms with E-state index in [-0.39, 0.29) is 5.56 Å². The first-order valence-electron chi connectivity index (χ1n) is 24.9. The summed E-state index contributed by atoms with van der Waals surface area (Å²) in [5, 5.41) is 109.